The van der Waals surface area contributed by atoms with Crippen molar-refractivity contribution in [1.29, 1.82) is 5.26 Å². The Hall–Kier alpha value is -1.92. The van der Waals surface area contributed by atoms with E-state index in [1.54, 1.807) is 6.92 Å². The number of nitrogens with zero attached hydrogens (tertiary/aromatic N) is 4. The van der Waals surface area contributed by atoms with Crippen molar-refractivity contribution in [3.63, 3.8) is 0 Å². The highest BCUT2D eigenvalue weighted by molar-refractivity contribution is 7.85. The Morgan fingerprint density at radius 1 is 1.63 bits per heavy atom. The van der Waals surface area contributed by atoms with Gasteiger partial charge in [-0.05, 0) is 6.92 Å². The molecular weight excluding hydrogens is 272 g/mol. The Morgan fingerprint density at radius 3 is 2.95 bits per heavy atom. The van der Waals surface area contributed by atoms with E-state index < -0.39 is 10.1 Å². The fourth-order valence-corrected chi connectivity index (χ4v) is 1.57. The van der Waals surface area contributed by atoms with Crippen LogP contribution in [0.25, 0.3) is 0 Å². The van der Waals surface area contributed by atoms with Crippen LogP contribution in [0.5, 0.6) is 0 Å². The summed E-state index contributed by atoms with van der Waals surface area (Å²) in [6.45, 7) is 2.33. The normalized spacial score (nSPS) is 11.6. The summed E-state index contributed by atoms with van der Waals surface area (Å²) in [4.78, 5) is 3.97. The topological polar surface area (TPSA) is 107 Å². The predicted molar refractivity (Wildman–Crippen MR) is 67.5 cm³/mol. The zero-order valence-corrected chi connectivity index (χ0v) is 11.4. The Kier molecular flexibility index (Phi) is 5.47. The molecule has 1 rings (SSSR count). The lowest BCUT2D eigenvalue weighted by molar-refractivity contribution is 0.297. The quantitative estimate of drug-likeness (QED) is 0.408. The fourth-order valence-electron chi connectivity index (χ4n) is 1.19. The molecule has 0 aliphatic heterocycles. The second kappa shape index (κ2) is 6.86. The van der Waals surface area contributed by atoms with Crippen molar-refractivity contribution in [3.05, 3.63) is 11.8 Å². The molecule has 1 heterocycles. The second-order valence-corrected chi connectivity index (χ2v) is 5.08. The Bertz CT molecular complexity index is 585. The minimum Gasteiger partial charge on any atom is -0.483 e. The van der Waals surface area contributed by atoms with E-state index in [4.69, 9.17) is 10.00 Å². The number of aromatic nitrogens is 2. The first-order chi connectivity index (χ1) is 8.98. The summed E-state index contributed by atoms with van der Waals surface area (Å²) in [5, 5.41) is 12.8. The molecular formula is C10H14N4O4S. The van der Waals surface area contributed by atoms with Crippen molar-refractivity contribution in [2.24, 2.45) is 4.99 Å². The first kappa shape index (κ1) is 15.1. The van der Waals surface area contributed by atoms with E-state index in [0.29, 0.717) is 12.4 Å². The van der Waals surface area contributed by atoms with Gasteiger partial charge in [-0.25, -0.2) is 4.68 Å². The van der Waals surface area contributed by atoms with Gasteiger partial charge in [0.25, 0.3) is 10.1 Å². The maximum atomic E-state index is 10.8. The number of hydrogen-bond acceptors (Lipinski definition) is 7. The SMILES string of the molecule is CCOC=Nc1c(C#N)cnn1CCOS(C)(=O)=O. The first-order valence-corrected chi connectivity index (χ1v) is 7.24. The van der Waals surface area contributed by atoms with Gasteiger partial charge in [0.15, 0.2) is 12.2 Å². The van der Waals surface area contributed by atoms with E-state index in [1.165, 1.54) is 17.3 Å². The van der Waals surface area contributed by atoms with Gasteiger partial charge in [0, 0.05) is 0 Å². The monoisotopic (exact) mass is 286 g/mol. The Morgan fingerprint density at radius 2 is 2.37 bits per heavy atom. The molecule has 8 nitrogen and oxygen atoms in total. The molecule has 0 radical (unpaired) electrons. The van der Waals surface area contributed by atoms with Gasteiger partial charge in [-0.15, -0.1) is 0 Å². The molecule has 0 N–H and O–H groups in total. The third-order valence-electron chi connectivity index (χ3n) is 1.95. The van der Waals surface area contributed by atoms with Crippen molar-refractivity contribution < 1.29 is 17.3 Å². The highest BCUT2D eigenvalue weighted by Crippen LogP contribution is 2.17. The molecule has 0 amide bonds. The van der Waals surface area contributed by atoms with Crippen LogP contribution in [0, 0.1) is 11.3 Å². The van der Waals surface area contributed by atoms with E-state index >= 15 is 0 Å². The Balaban J connectivity index is 2.78. The summed E-state index contributed by atoms with van der Waals surface area (Å²) < 4.78 is 32.6. The lowest BCUT2D eigenvalue weighted by Crippen LogP contribution is -2.11. The second-order valence-electron chi connectivity index (χ2n) is 3.43. The summed E-state index contributed by atoms with van der Waals surface area (Å²) in [7, 11) is -3.50. The number of aliphatic imine (C=N–C) groups is 1. The molecule has 1 aromatic heterocycles. The van der Waals surface area contributed by atoms with Crippen LogP contribution in [0.4, 0.5) is 5.82 Å². The van der Waals surface area contributed by atoms with Gasteiger partial charge in [0.2, 0.25) is 0 Å². The van der Waals surface area contributed by atoms with Crippen molar-refractivity contribution in [1.82, 2.24) is 9.78 Å². The van der Waals surface area contributed by atoms with Crippen LogP contribution in [0.1, 0.15) is 12.5 Å². The zero-order chi connectivity index (χ0) is 14.3. The average Bonchev–Trinajstić information content (AvgIpc) is 2.71. The Labute approximate surface area is 111 Å². The number of hydrogen-bond donors (Lipinski definition) is 0. The summed E-state index contributed by atoms with van der Waals surface area (Å²) in [6.07, 6.45) is 3.52. The van der Waals surface area contributed by atoms with E-state index in [9.17, 15) is 8.42 Å². The summed E-state index contributed by atoms with van der Waals surface area (Å²) in [6, 6.07) is 1.94. The molecule has 0 aliphatic carbocycles. The molecule has 104 valence electrons. The highest BCUT2D eigenvalue weighted by Gasteiger charge is 2.10. The molecule has 0 saturated heterocycles. The largest absolute Gasteiger partial charge is 0.483 e. The molecule has 0 spiro atoms. The van der Waals surface area contributed by atoms with Crippen molar-refractivity contribution in [2.45, 2.75) is 13.5 Å². The van der Waals surface area contributed by atoms with Gasteiger partial charge >= 0.3 is 0 Å². The third-order valence-corrected chi connectivity index (χ3v) is 2.54. The van der Waals surface area contributed by atoms with Crippen molar-refractivity contribution in [3.8, 4) is 6.07 Å². The lowest BCUT2D eigenvalue weighted by atomic mass is 10.4. The fraction of sp³-hybridized carbons (Fsp3) is 0.500. The van der Waals surface area contributed by atoms with Gasteiger partial charge in [-0.2, -0.15) is 23.8 Å². The summed E-state index contributed by atoms with van der Waals surface area (Å²) >= 11 is 0. The molecule has 9 heteroatoms. The number of rotatable bonds is 7. The molecule has 0 bridgehead atoms. The smallest absolute Gasteiger partial charge is 0.264 e. The van der Waals surface area contributed by atoms with Crippen LogP contribution < -0.4 is 0 Å². The molecule has 0 unspecified atom stereocenters. The maximum Gasteiger partial charge on any atom is 0.264 e. The van der Waals surface area contributed by atoms with Crippen LogP contribution in [0.2, 0.25) is 0 Å². The van der Waals surface area contributed by atoms with Gasteiger partial charge in [0.05, 0.1) is 32.2 Å². The number of ether oxygens (including phenoxy) is 1. The standard InChI is InChI=1S/C10H14N4O4S/c1-3-17-8-12-10-9(6-11)7-13-14(10)4-5-18-19(2,15)16/h7-8H,3-5H2,1-2H3. The number of nitriles is 1. The maximum absolute atomic E-state index is 10.8. The van der Waals surface area contributed by atoms with Crippen LogP contribution in [0.3, 0.4) is 0 Å². The zero-order valence-electron chi connectivity index (χ0n) is 10.6. The predicted octanol–water partition coefficient (Wildman–Crippen LogP) is 0.427. The summed E-state index contributed by atoms with van der Waals surface area (Å²) in [5.41, 5.74) is 0.273. The van der Waals surface area contributed by atoms with Crippen LogP contribution in [-0.2, 0) is 25.6 Å². The van der Waals surface area contributed by atoms with E-state index in [2.05, 4.69) is 14.3 Å². The molecule has 0 atom stereocenters. The van der Waals surface area contributed by atoms with E-state index in [-0.39, 0.29) is 18.7 Å². The average molecular weight is 286 g/mol. The van der Waals surface area contributed by atoms with Crippen molar-refractivity contribution in [2.75, 3.05) is 19.5 Å². The minimum atomic E-state index is -3.50. The van der Waals surface area contributed by atoms with Crippen molar-refractivity contribution >= 4 is 22.3 Å². The minimum absolute atomic E-state index is 0.0808. The van der Waals surface area contributed by atoms with Gasteiger partial charge in [0.1, 0.15) is 11.6 Å². The molecule has 0 saturated carbocycles. The molecule has 0 aliphatic rings. The summed E-state index contributed by atoms with van der Waals surface area (Å²) in [5.74, 6) is 0.299. The van der Waals surface area contributed by atoms with Gasteiger partial charge in [-0.3, -0.25) is 4.18 Å². The van der Waals surface area contributed by atoms with Crippen LogP contribution in [-0.4, -0.2) is 44.1 Å². The molecule has 1 aromatic rings. The third kappa shape index (κ3) is 5.07. The van der Waals surface area contributed by atoms with Gasteiger partial charge < -0.3 is 4.74 Å². The first-order valence-electron chi connectivity index (χ1n) is 5.42. The van der Waals surface area contributed by atoms with E-state index in [0.717, 1.165) is 6.26 Å². The molecule has 0 aromatic carbocycles. The van der Waals surface area contributed by atoms with Gasteiger partial charge in [-0.1, -0.05) is 0 Å². The molecule has 19 heavy (non-hydrogen) atoms. The molecule has 0 fully saturated rings. The van der Waals surface area contributed by atoms with Crippen LogP contribution >= 0.6 is 0 Å². The highest BCUT2D eigenvalue weighted by atomic mass is 32.2. The van der Waals surface area contributed by atoms with E-state index in [1.807, 2.05) is 6.07 Å². The van der Waals surface area contributed by atoms with Crippen LogP contribution in [0.15, 0.2) is 11.2 Å². The lowest BCUT2D eigenvalue weighted by Gasteiger charge is -2.04.